The van der Waals surface area contributed by atoms with Crippen LogP contribution in [0, 0.1) is 17.5 Å². The van der Waals surface area contributed by atoms with E-state index in [4.69, 9.17) is 0 Å². The molecule has 100 valence electrons. The van der Waals surface area contributed by atoms with Crippen LogP contribution in [0.15, 0.2) is 12.1 Å². The Morgan fingerprint density at radius 1 is 1.22 bits per heavy atom. The molecule has 0 radical (unpaired) electrons. The normalized spacial score (nSPS) is 10.4. The van der Waals surface area contributed by atoms with E-state index in [0.717, 1.165) is 12.1 Å². The zero-order valence-electron chi connectivity index (χ0n) is 10.0. The van der Waals surface area contributed by atoms with Gasteiger partial charge in [0.2, 0.25) is 5.91 Å². The van der Waals surface area contributed by atoms with Gasteiger partial charge in [-0.15, -0.1) is 0 Å². The molecule has 0 fully saturated rings. The molecule has 0 saturated carbocycles. The lowest BCUT2D eigenvalue weighted by Gasteiger charge is -2.06. The minimum absolute atomic E-state index is 0.0959. The Morgan fingerprint density at radius 3 is 2.39 bits per heavy atom. The summed E-state index contributed by atoms with van der Waals surface area (Å²) in [4.78, 5) is 11.1. The minimum atomic E-state index is -1.47. The van der Waals surface area contributed by atoms with Crippen molar-refractivity contribution in [2.75, 3.05) is 13.1 Å². The molecule has 3 nitrogen and oxygen atoms in total. The lowest BCUT2D eigenvalue weighted by molar-refractivity contribution is -0.120. The lowest BCUT2D eigenvalue weighted by atomic mass is 10.2. The first-order chi connectivity index (χ1) is 8.54. The SMILES string of the molecule is CCNC(=O)CCNCc1cc(F)c(F)c(F)c1. The summed E-state index contributed by atoms with van der Waals surface area (Å²) in [7, 11) is 0. The van der Waals surface area contributed by atoms with E-state index in [1.165, 1.54) is 0 Å². The number of amides is 1. The van der Waals surface area contributed by atoms with Gasteiger partial charge in [0, 0.05) is 26.1 Å². The Labute approximate surface area is 103 Å². The highest BCUT2D eigenvalue weighted by molar-refractivity contribution is 5.75. The summed E-state index contributed by atoms with van der Waals surface area (Å²) in [5.41, 5.74) is 0.294. The van der Waals surface area contributed by atoms with Gasteiger partial charge in [-0.25, -0.2) is 13.2 Å². The fourth-order valence-electron chi connectivity index (χ4n) is 1.43. The van der Waals surface area contributed by atoms with Crippen molar-refractivity contribution in [3.05, 3.63) is 35.1 Å². The molecule has 6 heteroatoms. The first-order valence-corrected chi connectivity index (χ1v) is 5.65. The average molecular weight is 260 g/mol. The molecule has 0 heterocycles. The predicted octanol–water partition coefficient (Wildman–Crippen LogP) is 1.72. The molecule has 1 rings (SSSR count). The molecule has 0 aliphatic carbocycles. The van der Waals surface area contributed by atoms with Gasteiger partial charge < -0.3 is 10.6 Å². The van der Waals surface area contributed by atoms with E-state index in [2.05, 4.69) is 10.6 Å². The summed E-state index contributed by atoms with van der Waals surface area (Å²) >= 11 is 0. The van der Waals surface area contributed by atoms with E-state index in [9.17, 15) is 18.0 Å². The van der Waals surface area contributed by atoms with Crippen molar-refractivity contribution >= 4 is 5.91 Å². The Bertz CT molecular complexity index is 401. The molecule has 1 aromatic rings. The van der Waals surface area contributed by atoms with Crippen LogP contribution in [-0.2, 0) is 11.3 Å². The van der Waals surface area contributed by atoms with Crippen LogP contribution >= 0.6 is 0 Å². The summed E-state index contributed by atoms with van der Waals surface area (Å²) in [5, 5.41) is 5.47. The number of benzene rings is 1. The molecule has 2 N–H and O–H groups in total. The second-order valence-corrected chi connectivity index (χ2v) is 3.75. The highest BCUT2D eigenvalue weighted by atomic mass is 19.2. The highest BCUT2D eigenvalue weighted by Crippen LogP contribution is 2.13. The van der Waals surface area contributed by atoms with Crippen LogP contribution < -0.4 is 10.6 Å². The maximum atomic E-state index is 12.9. The fraction of sp³-hybridized carbons (Fsp3) is 0.417. The summed E-state index contributed by atoms with van der Waals surface area (Å²) < 4.78 is 38.4. The van der Waals surface area contributed by atoms with Crippen molar-refractivity contribution in [2.24, 2.45) is 0 Å². The van der Waals surface area contributed by atoms with E-state index >= 15 is 0 Å². The third-order valence-electron chi connectivity index (χ3n) is 2.28. The standard InChI is InChI=1S/C12H15F3N2O/c1-2-17-11(18)3-4-16-7-8-5-9(13)12(15)10(14)6-8/h5-6,16H,2-4,7H2,1H3,(H,17,18). The van der Waals surface area contributed by atoms with Gasteiger partial charge in [-0.3, -0.25) is 4.79 Å². The van der Waals surface area contributed by atoms with Gasteiger partial charge in [0.25, 0.3) is 0 Å². The van der Waals surface area contributed by atoms with Crippen molar-refractivity contribution in [2.45, 2.75) is 19.9 Å². The first-order valence-electron chi connectivity index (χ1n) is 5.65. The summed E-state index contributed by atoms with van der Waals surface area (Å²) in [6, 6.07) is 1.86. The maximum Gasteiger partial charge on any atom is 0.221 e. The third-order valence-corrected chi connectivity index (χ3v) is 2.28. The van der Waals surface area contributed by atoms with Crippen LogP contribution in [0.1, 0.15) is 18.9 Å². The Morgan fingerprint density at radius 2 is 1.83 bits per heavy atom. The molecule has 0 saturated heterocycles. The smallest absolute Gasteiger partial charge is 0.221 e. The fourth-order valence-corrected chi connectivity index (χ4v) is 1.43. The largest absolute Gasteiger partial charge is 0.356 e. The van der Waals surface area contributed by atoms with Crippen molar-refractivity contribution < 1.29 is 18.0 Å². The average Bonchev–Trinajstić information content (AvgIpc) is 2.32. The van der Waals surface area contributed by atoms with Gasteiger partial charge >= 0.3 is 0 Å². The molecule has 0 unspecified atom stereocenters. The lowest BCUT2D eigenvalue weighted by Crippen LogP contribution is -2.27. The van der Waals surface area contributed by atoms with Gasteiger partial charge in [0.15, 0.2) is 17.5 Å². The van der Waals surface area contributed by atoms with Crippen molar-refractivity contribution in [1.29, 1.82) is 0 Å². The van der Waals surface area contributed by atoms with E-state index < -0.39 is 17.5 Å². The summed E-state index contributed by atoms with van der Waals surface area (Å²) in [6.45, 7) is 2.93. The van der Waals surface area contributed by atoms with Crippen LogP contribution in [0.25, 0.3) is 0 Å². The minimum Gasteiger partial charge on any atom is -0.356 e. The quantitative estimate of drug-likeness (QED) is 0.604. The molecule has 1 aromatic carbocycles. The van der Waals surface area contributed by atoms with Crippen molar-refractivity contribution in [1.82, 2.24) is 10.6 Å². The Hall–Kier alpha value is -1.56. The molecular formula is C12H15F3N2O. The van der Waals surface area contributed by atoms with Gasteiger partial charge in [-0.1, -0.05) is 0 Å². The van der Waals surface area contributed by atoms with E-state index in [-0.39, 0.29) is 18.9 Å². The zero-order valence-corrected chi connectivity index (χ0v) is 10.0. The Balaban J connectivity index is 2.38. The van der Waals surface area contributed by atoms with Gasteiger partial charge in [0.1, 0.15) is 0 Å². The van der Waals surface area contributed by atoms with E-state index in [0.29, 0.717) is 18.7 Å². The van der Waals surface area contributed by atoms with Gasteiger partial charge in [0.05, 0.1) is 0 Å². The number of hydrogen-bond donors (Lipinski definition) is 2. The molecule has 0 aliphatic rings. The third kappa shape index (κ3) is 4.37. The van der Waals surface area contributed by atoms with Gasteiger partial charge in [-0.2, -0.15) is 0 Å². The van der Waals surface area contributed by atoms with E-state index in [1.54, 1.807) is 0 Å². The first kappa shape index (κ1) is 14.5. The summed E-state index contributed by atoms with van der Waals surface area (Å²) in [6.07, 6.45) is 0.278. The van der Waals surface area contributed by atoms with Crippen molar-refractivity contribution in [3.8, 4) is 0 Å². The van der Waals surface area contributed by atoms with E-state index in [1.807, 2.05) is 6.92 Å². The van der Waals surface area contributed by atoms with Crippen LogP contribution in [-0.4, -0.2) is 19.0 Å². The zero-order chi connectivity index (χ0) is 13.5. The number of nitrogens with one attached hydrogen (secondary N) is 2. The molecule has 0 aromatic heterocycles. The second kappa shape index (κ2) is 7.00. The molecule has 0 bridgehead atoms. The molecule has 1 amide bonds. The predicted molar refractivity (Wildman–Crippen MR) is 61.3 cm³/mol. The number of hydrogen-bond acceptors (Lipinski definition) is 2. The molecular weight excluding hydrogens is 245 g/mol. The summed E-state index contributed by atoms with van der Waals surface area (Å²) in [5.74, 6) is -3.99. The maximum absolute atomic E-state index is 12.9. The number of rotatable bonds is 6. The van der Waals surface area contributed by atoms with Crippen LogP contribution in [0.2, 0.25) is 0 Å². The second-order valence-electron chi connectivity index (χ2n) is 3.75. The molecule has 0 atom stereocenters. The number of carbonyl (C=O) groups is 1. The number of halogens is 3. The molecule has 0 aliphatic heterocycles. The molecule has 18 heavy (non-hydrogen) atoms. The monoisotopic (exact) mass is 260 g/mol. The van der Waals surface area contributed by atoms with Crippen molar-refractivity contribution in [3.63, 3.8) is 0 Å². The van der Waals surface area contributed by atoms with Gasteiger partial charge in [-0.05, 0) is 24.6 Å². The highest BCUT2D eigenvalue weighted by Gasteiger charge is 2.10. The van der Waals surface area contributed by atoms with Crippen LogP contribution in [0.4, 0.5) is 13.2 Å². The topological polar surface area (TPSA) is 41.1 Å². The Kier molecular flexibility index (Phi) is 5.64. The number of carbonyl (C=O) groups excluding carboxylic acids is 1. The van der Waals surface area contributed by atoms with Crippen LogP contribution in [0.5, 0.6) is 0 Å². The van der Waals surface area contributed by atoms with Crippen LogP contribution in [0.3, 0.4) is 0 Å². The molecule has 0 spiro atoms.